The van der Waals surface area contributed by atoms with Gasteiger partial charge in [0.15, 0.2) is 0 Å². The van der Waals surface area contributed by atoms with Crippen LogP contribution in [0, 0.1) is 0 Å². The van der Waals surface area contributed by atoms with Crippen LogP contribution in [0.2, 0.25) is 0 Å². The molecular formula is C12H25N3O2. The van der Waals surface area contributed by atoms with Gasteiger partial charge in [-0.2, -0.15) is 0 Å². The first-order chi connectivity index (χ1) is 8.10. The smallest absolute Gasteiger partial charge is 0.239 e. The highest BCUT2D eigenvalue weighted by atomic mass is 16.3. The van der Waals surface area contributed by atoms with Gasteiger partial charge in [0.1, 0.15) is 0 Å². The van der Waals surface area contributed by atoms with Gasteiger partial charge < -0.3 is 10.0 Å². The molecule has 5 nitrogen and oxygen atoms in total. The third-order valence-corrected chi connectivity index (χ3v) is 3.40. The summed E-state index contributed by atoms with van der Waals surface area (Å²) in [7, 11) is 3.90. The van der Waals surface area contributed by atoms with Gasteiger partial charge in [-0.1, -0.05) is 6.92 Å². The minimum Gasteiger partial charge on any atom is -0.395 e. The predicted molar refractivity (Wildman–Crippen MR) is 67.9 cm³/mol. The lowest BCUT2D eigenvalue weighted by molar-refractivity contribution is -0.138. The molecule has 1 heterocycles. The zero-order valence-electron chi connectivity index (χ0n) is 11.2. The molecule has 1 N–H and O–H groups in total. The average molecular weight is 243 g/mol. The number of rotatable bonds is 5. The summed E-state index contributed by atoms with van der Waals surface area (Å²) in [5.74, 6) is 0.237. The highest BCUT2D eigenvalue weighted by Crippen LogP contribution is 2.08. The molecule has 1 unspecified atom stereocenters. The molecule has 0 aliphatic carbocycles. The van der Waals surface area contributed by atoms with E-state index in [0.29, 0.717) is 6.54 Å². The Labute approximate surface area is 104 Å². The minimum atomic E-state index is -0.000563. The van der Waals surface area contributed by atoms with Gasteiger partial charge in [-0.05, 0) is 20.5 Å². The number of aliphatic hydroxyl groups is 1. The monoisotopic (exact) mass is 243 g/mol. The minimum absolute atomic E-state index is 0.000563. The molecular weight excluding hydrogens is 218 g/mol. The van der Waals surface area contributed by atoms with Crippen LogP contribution in [0.5, 0.6) is 0 Å². The summed E-state index contributed by atoms with van der Waals surface area (Å²) in [5.41, 5.74) is 0. The summed E-state index contributed by atoms with van der Waals surface area (Å²) >= 11 is 0. The second-order valence-corrected chi connectivity index (χ2v) is 4.78. The van der Waals surface area contributed by atoms with Crippen LogP contribution in [0.3, 0.4) is 0 Å². The number of β-amino-alcohol motifs (C(OH)–C–C–N with tert-alkyl or cyclic N) is 1. The van der Waals surface area contributed by atoms with Crippen LogP contribution in [0.1, 0.15) is 13.3 Å². The lowest BCUT2D eigenvalue weighted by Gasteiger charge is -2.37. The van der Waals surface area contributed by atoms with E-state index >= 15 is 0 Å². The molecule has 17 heavy (non-hydrogen) atoms. The molecule has 1 atom stereocenters. The fraction of sp³-hybridized carbons (Fsp3) is 0.917. The molecule has 100 valence electrons. The van der Waals surface area contributed by atoms with Crippen LogP contribution in [0.25, 0.3) is 0 Å². The topological polar surface area (TPSA) is 47.0 Å². The molecule has 0 aromatic carbocycles. The molecule has 0 aromatic rings. The molecule has 1 aliphatic rings. The van der Waals surface area contributed by atoms with Crippen molar-refractivity contribution >= 4 is 5.91 Å². The summed E-state index contributed by atoms with van der Waals surface area (Å²) in [6.07, 6.45) is 0.850. The second kappa shape index (κ2) is 6.93. The Morgan fingerprint density at radius 3 is 2.29 bits per heavy atom. The molecule has 0 bridgehead atoms. The molecule has 0 aromatic heterocycles. The van der Waals surface area contributed by atoms with Crippen LogP contribution >= 0.6 is 0 Å². The maximum Gasteiger partial charge on any atom is 0.239 e. The Hall–Kier alpha value is -0.650. The van der Waals surface area contributed by atoms with Crippen LogP contribution in [-0.4, -0.2) is 85.2 Å². The summed E-state index contributed by atoms with van der Waals surface area (Å²) in [6, 6.07) is -0.000563. The van der Waals surface area contributed by atoms with Crippen molar-refractivity contribution in [1.29, 1.82) is 0 Å². The molecule has 0 spiro atoms. The van der Waals surface area contributed by atoms with Crippen molar-refractivity contribution in [3.8, 4) is 0 Å². The Kier molecular flexibility index (Phi) is 5.88. The van der Waals surface area contributed by atoms with Crippen molar-refractivity contribution in [2.24, 2.45) is 0 Å². The van der Waals surface area contributed by atoms with E-state index in [2.05, 4.69) is 4.90 Å². The molecule has 1 aliphatic heterocycles. The number of hydrogen-bond acceptors (Lipinski definition) is 4. The van der Waals surface area contributed by atoms with Crippen molar-refractivity contribution in [1.82, 2.24) is 14.7 Å². The van der Waals surface area contributed by atoms with Crippen LogP contribution < -0.4 is 0 Å². The Balaban J connectivity index is 2.45. The first-order valence-corrected chi connectivity index (χ1v) is 6.38. The third-order valence-electron chi connectivity index (χ3n) is 3.40. The third kappa shape index (κ3) is 3.94. The van der Waals surface area contributed by atoms with E-state index in [1.807, 2.05) is 30.8 Å². The number of carbonyl (C=O) groups excluding carboxylic acids is 1. The number of hydrogen-bond donors (Lipinski definition) is 1. The first-order valence-electron chi connectivity index (χ1n) is 6.38. The summed E-state index contributed by atoms with van der Waals surface area (Å²) in [5, 5.41) is 8.86. The normalized spacial score (nSPS) is 19.7. The van der Waals surface area contributed by atoms with Gasteiger partial charge in [-0.3, -0.25) is 14.6 Å². The SMILES string of the molecule is CCC(C(=O)N1CCN(CCO)CC1)N(C)C. The molecule has 1 fully saturated rings. The zero-order valence-corrected chi connectivity index (χ0v) is 11.2. The van der Waals surface area contributed by atoms with E-state index in [0.717, 1.165) is 32.6 Å². The van der Waals surface area contributed by atoms with Crippen LogP contribution in [0.15, 0.2) is 0 Å². The second-order valence-electron chi connectivity index (χ2n) is 4.78. The molecule has 1 amide bonds. The average Bonchev–Trinajstić information content (AvgIpc) is 2.30. The van der Waals surface area contributed by atoms with E-state index < -0.39 is 0 Å². The van der Waals surface area contributed by atoms with Crippen molar-refractivity contribution in [3.05, 3.63) is 0 Å². The summed E-state index contributed by atoms with van der Waals surface area (Å²) < 4.78 is 0. The number of carbonyl (C=O) groups is 1. The van der Waals surface area contributed by atoms with Gasteiger partial charge in [0, 0.05) is 32.7 Å². The lowest BCUT2D eigenvalue weighted by Crippen LogP contribution is -2.54. The van der Waals surface area contributed by atoms with E-state index in [9.17, 15) is 4.79 Å². The largest absolute Gasteiger partial charge is 0.395 e. The Bertz CT molecular complexity index is 238. The number of aliphatic hydroxyl groups excluding tert-OH is 1. The van der Waals surface area contributed by atoms with Gasteiger partial charge in [0.2, 0.25) is 5.91 Å². The van der Waals surface area contributed by atoms with Gasteiger partial charge >= 0.3 is 0 Å². The van der Waals surface area contributed by atoms with Gasteiger partial charge in [0.05, 0.1) is 12.6 Å². The first kappa shape index (κ1) is 14.4. The Morgan fingerprint density at radius 2 is 1.88 bits per heavy atom. The number of likely N-dealkylation sites (N-methyl/N-ethyl adjacent to an activating group) is 1. The molecule has 0 radical (unpaired) electrons. The van der Waals surface area contributed by atoms with E-state index in [1.165, 1.54) is 0 Å². The fourth-order valence-corrected chi connectivity index (χ4v) is 2.30. The molecule has 5 heteroatoms. The van der Waals surface area contributed by atoms with Gasteiger partial charge in [0.25, 0.3) is 0 Å². The maximum absolute atomic E-state index is 12.3. The summed E-state index contributed by atoms with van der Waals surface area (Å²) in [6.45, 7) is 6.26. The van der Waals surface area contributed by atoms with Crippen molar-refractivity contribution in [2.75, 3.05) is 53.4 Å². The fourth-order valence-electron chi connectivity index (χ4n) is 2.30. The van der Waals surface area contributed by atoms with Crippen LogP contribution in [0.4, 0.5) is 0 Å². The standard InChI is InChI=1S/C12H25N3O2/c1-4-11(13(2)3)12(17)15-7-5-14(6-8-15)9-10-16/h11,16H,4-10H2,1-3H3. The number of nitrogens with zero attached hydrogens (tertiary/aromatic N) is 3. The highest BCUT2D eigenvalue weighted by Gasteiger charge is 2.27. The summed E-state index contributed by atoms with van der Waals surface area (Å²) in [4.78, 5) is 18.4. The van der Waals surface area contributed by atoms with Crippen LogP contribution in [-0.2, 0) is 4.79 Å². The predicted octanol–water partition coefficient (Wildman–Crippen LogP) is -0.537. The van der Waals surface area contributed by atoms with E-state index in [4.69, 9.17) is 5.11 Å². The van der Waals surface area contributed by atoms with Crippen molar-refractivity contribution in [3.63, 3.8) is 0 Å². The van der Waals surface area contributed by atoms with E-state index in [1.54, 1.807) is 0 Å². The number of piperazine rings is 1. The van der Waals surface area contributed by atoms with Gasteiger partial charge in [-0.15, -0.1) is 0 Å². The molecule has 1 rings (SSSR count). The number of amides is 1. The zero-order chi connectivity index (χ0) is 12.8. The molecule has 1 saturated heterocycles. The lowest BCUT2D eigenvalue weighted by atomic mass is 10.1. The Morgan fingerprint density at radius 1 is 1.29 bits per heavy atom. The van der Waals surface area contributed by atoms with Crippen molar-refractivity contribution < 1.29 is 9.90 Å². The molecule has 0 saturated carbocycles. The van der Waals surface area contributed by atoms with Gasteiger partial charge in [-0.25, -0.2) is 0 Å². The maximum atomic E-state index is 12.3. The van der Waals surface area contributed by atoms with E-state index in [-0.39, 0.29) is 18.6 Å². The highest BCUT2D eigenvalue weighted by molar-refractivity contribution is 5.81. The quantitative estimate of drug-likeness (QED) is 0.705. The van der Waals surface area contributed by atoms with Crippen molar-refractivity contribution in [2.45, 2.75) is 19.4 Å².